The minimum atomic E-state index is -3.43. The number of sulfone groups is 1. The van der Waals surface area contributed by atoms with Crippen LogP contribution in [0.5, 0.6) is 0 Å². The molecule has 0 saturated carbocycles. The second kappa shape index (κ2) is 5.20. The van der Waals surface area contributed by atoms with E-state index in [-0.39, 0.29) is 10.6 Å². The topological polar surface area (TPSA) is 34.1 Å². The van der Waals surface area contributed by atoms with E-state index in [9.17, 15) is 12.8 Å². The fourth-order valence-corrected chi connectivity index (χ4v) is 3.17. The molecule has 0 spiro atoms. The predicted molar refractivity (Wildman–Crippen MR) is 71.4 cm³/mol. The third kappa shape index (κ3) is 3.17. The number of benzene rings is 2. The second-order valence-electron chi connectivity index (χ2n) is 3.84. The maximum absolute atomic E-state index is 13.0. The lowest BCUT2D eigenvalue weighted by Crippen LogP contribution is -2.05. The lowest BCUT2D eigenvalue weighted by molar-refractivity contribution is 0.594. The van der Waals surface area contributed by atoms with E-state index in [1.165, 1.54) is 30.3 Å². The average molecular weight is 329 g/mol. The van der Waals surface area contributed by atoms with Gasteiger partial charge >= 0.3 is 0 Å². The van der Waals surface area contributed by atoms with E-state index in [1.54, 1.807) is 18.2 Å². The van der Waals surface area contributed by atoms with Gasteiger partial charge in [-0.1, -0.05) is 28.1 Å². The average Bonchev–Trinajstić information content (AvgIpc) is 2.29. The Morgan fingerprint density at radius 3 is 2.33 bits per heavy atom. The van der Waals surface area contributed by atoms with E-state index < -0.39 is 15.7 Å². The first-order valence-corrected chi connectivity index (χ1v) is 7.65. The molecule has 2 aromatic rings. The van der Waals surface area contributed by atoms with Crippen LogP contribution < -0.4 is 0 Å². The van der Waals surface area contributed by atoms with Crippen LogP contribution in [-0.2, 0) is 15.6 Å². The summed E-state index contributed by atoms with van der Waals surface area (Å²) in [5, 5.41) is 0. The first-order valence-electron chi connectivity index (χ1n) is 5.20. The van der Waals surface area contributed by atoms with Crippen molar-refractivity contribution in [2.24, 2.45) is 0 Å². The Bertz CT molecular complexity index is 651. The third-order valence-electron chi connectivity index (χ3n) is 2.42. The van der Waals surface area contributed by atoms with Crippen LogP contribution in [0.2, 0.25) is 0 Å². The molecule has 0 bridgehead atoms. The van der Waals surface area contributed by atoms with Gasteiger partial charge < -0.3 is 0 Å². The van der Waals surface area contributed by atoms with Crippen molar-refractivity contribution in [3.63, 3.8) is 0 Å². The van der Waals surface area contributed by atoms with Crippen molar-refractivity contribution >= 4 is 25.8 Å². The van der Waals surface area contributed by atoms with E-state index in [4.69, 9.17) is 0 Å². The largest absolute Gasteiger partial charge is 0.223 e. The molecule has 0 aliphatic carbocycles. The van der Waals surface area contributed by atoms with E-state index in [0.717, 1.165) is 4.47 Å². The Kier molecular flexibility index (Phi) is 3.82. The molecule has 0 radical (unpaired) electrons. The lowest BCUT2D eigenvalue weighted by atomic mass is 10.2. The molecule has 18 heavy (non-hydrogen) atoms. The molecular formula is C13H10BrFO2S. The molecule has 2 nitrogen and oxygen atoms in total. The molecule has 0 saturated heterocycles. The molecule has 5 heteroatoms. The van der Waals surface area contributed by atoms with Crippen molar-refractivity contribution in [1.29, 1.82) is 0 Å². The van der Waals surface area contributed by atoms with Gasteiger partial charge in [-0.05, 0) is 42.0 Å². The Morgan fingerprint density at radius 2 is 1.72 bits per heavy atom. The summed E-state index contributed by atoms with van der Waals surface area (Å²) in [6, 6.07) is 12.0. The monoisotopic (exact) mass is 328 g/mol. The summed E-state index contributed by atoms with van der Waals surface area (Å²) in [7, 11) is -3.43. The molecule has 0 fully saturated rings. The van der Waals surface area contributed by atoms with Crippen LogP contribution in [0.15, 0.2) is 57.9 Å². The van der Waals surface area contributed by atoms with Crippen LogP contribution in [0.25, 0.3) is 0 Å². The van der Waals surface area contributed by atoms with Crippen molar-refractivity contribution in [3.05, 3.63) is 64.4 Å². The summed E-state index contributed by atoms with van der Waals surface area (Å²) < 4.78 is 38.0. The minimum absolute atomic E-state index is 0.202. The minimum Gasteiger partial charge on any atom is -0.223 e. The smallest absolute Gasteiger partial charge is 0.182 e. The highest BCUT2D eigenvalue weighted by molar-refractivity contribution is 9.10. The van der Waals surface area contributed by atoms with Crippen molar-refractivity contribution in [2.75, 3.05) is 0 Å². The summed E-state index contributed by atoms with van der Waals surface area (Å²) in [5.41, 5.74) is 0.443. The lowest BCUT2D eigenvalue weighted by Gasteiger charge is -2.05. The van der Waals surface area contributed by atoms with Gasteiger partial charge in [-0.3, -0.25) is 0 Å². The van der Waals surface area contributed by atoms with E-state index in [1.807, 2.05) is 0 Å². The van der Waals surface area contributed by atoms with Crippen LogP contribution in [0, 0.1) is 5.82 Å². The van der Waals surface area contributed by atoms with Gasteiger partial charge in [0, 0.05) is 4.47 Å². The fraction of sp³-hybridized carbons (Fsp3) is 0.0769. The van der Waals surface area contributed by atoms with Crippen molar-refractivity contribution in [3.8, 4) is 0 Å². The van der Waals surface area contributed by atoms with Gasteiger partial charge in [-0.15, -0.1) is 0 Å². The Morgan fingerprint density at radius 1 is 1.06 bits per heavy atom. The van der Waals surface area contributed by atoms with Crippen molar-refractivity contribution in [2.45, 2.75) is 10.6 Å². The van der Waals surface area contributed by atoms with Crippen LogP contribution in [0.1, 0.15) is 5.56 Å². The van der Waals surface area contributed by atoms with Gasteiger partial charge in [0.25, 0.3) is 0 Å². The van der Waals surface area contributed by atoms with E-state index >= 15 is 0 Å². The van der Waals surface area contributed by atoms with Crippen molar-refractivity contribution in [1.82, 2.24) is 0 Å². The Balaban J connectivity index is 2.30. The van der Waals surface area contributed by atoms with Crippen LogP contribution in [0.4, 0.5) is 4.39 Å². The van der Waals surface area contributed by atoms with Gasteiger partial charge in [0.15, 0.2) is 9.84 Å². The standard InChI is InChI=1S/C13H10BrFO2S/c14-11-4-6-13(7-5-11)18(16,17)9-10-2-1-3-12(15)8-10/h1-8H,9H2. The summed E-state index contributed by atoms with van der Waals surface area (Å²) in [6.45, 7) is 0. The van der Waals surface area contributed by atoms with Gasteiger partial charge in [-0.25, -0.2) is 12.8 Å². The summed E-state index contributed by atoms with van der Waals surface area (Å²) in [6.07, 6.45) is 0. The zero-order valence-corrected chi connectivity index (χ0v) is 11.7. The molecule has 2 aromatic carbocycles. The van der Waals surface area contributed by atoms with Gasteiger partial charge in [0.05, 0.1) is 10.6 Å². The second-order valence-corrected chi connectivity index (χ2v) is 6.75. The van der Waals surface area contributed by atoms with Gasteiger partial charge in [0.2, 0.25) is 0 Å². The first kappa shape index (κ1) is 13.2. The molecule has 0 aliphatic heterocycles. The van der Waals surface area contributed by atoms with E-state index in [0.29, 0.717) is 5.56 Å². The zero-order chi connectivity index (χ0) is 13.2. The Labute approximate surface area is 114 Å². The number of hydrogen-bond donors (Lipinski definition) is 0. The fourth-order valence-electron chi connectivity index (χ4n) is 1.57. The third-order valence-corrected chi connectivity index (χ3v) is 4.65. The highest BCUT2D eigenvalue weighted by atomic mass is 79.9. The molecule has 94 valence electrons. The Hall–Kier alpha value is -1.20. The summed E-state index contributed by atoms with van der Waals surface area (Å²) in [4.78, 5) is 0.231. The maximum Gasteiger partial charge on any atom is 0.182 e. The highest BCUT2D eigenvalue weighted by Gasteiger charge is 2.15. The van der Waals surface area contributed by atoms with Crippen LogP contribution in [-0.4, -0.2) is 8.42 Å². The normalized spacial score (nSPS) is 11.4. The molecule has 0 aliphatic rings. The number of rotatable bonds is 3. The number of halogens is 2. The molecule has 0 unspecified atom stereocenters. The molecule has 2 rings (SSSR count). The van der Waals surface area contributed by atoms with Crippen LogP contribution >= 0.6 is 15.9 Å². The molecular weight excluding hydrogens is 319 g/mol. The molecule has 0 amide bonds. The van der Waals surface area contributed by atoms with E-state index in [2.05, 4.69) is 15.9 Å². The molecule has 0 atom stereocenters. The summed E-state index contributed by atoms with van der Waals surface area (Å²) in [5.74, 6) is -0.634. The molecule has 0 aromatic heterocycles. The molecule has 0 heterocycles. The van der Waals surface area contributed by atoms with Crippen molar-refractivity contribution < 1.29 is 12.8 Å². The van der Waals surface area contributed by atoms with Crippen LogP contribution in [0.3, 0.4) is 0 Å². The quantitative estimate of drug-likeness (QED) is 0.863. The zero-order valence-electron chi connectivity index (χ0n) is 9.31. The van der Waals surface area contributed by atoms with Gasteiger partial charge in [0.1, 0.15) is 5.82 Å². The predicted octanol–water partition coefficient (Wildman–Crippen LogP) is 3.56. The molecule has 0 N–H and O–H groups in total. The first-order chi connectivity index (χ1) is 8.47. The number of hydrogen-bond acceptors (Lipinski definition) is 2. The summed E-state index contributed by atoms with van der Waals surface area (Å²) >= 11 is 3.24. The SMILES string of the molecule is O=S(=O)(Cc1cccc(F)c1)c1ccc(Br)cc1. The maximum atomic E-state index is 13.0. The highest BCUT2D eigenvalue weighted by Crippen LogP contribution is 2.19. The van der Waals surface area contributed by atoms with Gasteiger partial charge in [-0.2, -0.15) is 0 Å².